The zero-order chi connectivity index (χ0) is 26.4. The van der Waals surface area contributed by atoms with Crippen molar-refractivity contribution in [2.45, 2.75) is 32.8 Å². The highest BCUT2D eigenvalue weighted by atomic mass is 16.6. The van der Waals surface area contributed by atoms with Gasteiger partial charge in [0, 0.05) is 41.6 Å². The van der Waals surface area contributed by atoms with Crippen molar-refractivity contribution < 1.29 is 19.1 Å². The first-order valence-corrected chi connectivity index (χ1v) is 11.6. The minimum Gasteiger partial charge on any atom is -0.444 e. The second kappa shape index (κ2) is 10.9. The Morgan fingerprint density at radius 2 is 1.70 bits per heavy atom. The van der Waals surface area contributed by atoms with Gasteiger partial charge in [-0.15, -0.1) is 0 Å². The maximum absolute atomic E-state index is 12.9. The van der Waals surface area contributed by atoms with E-state index in [1.54, 1.807) is 75.8 Å². The van der Waals surface area contributed by atoms with Gasteiger partial charge in [0.25, 0.3) is 0 Å². The molecule has 2 aromatic carbocycles. The minimum absolute atomic E-state index is 0.336. The Morgan fingerprint density at radius 1 is 0.919 bits per heavy atom. The van der Waals surface area contributed by atoms with E-state index in [0.717, 1.165) is 11.3 Å². The van der Waals surface area contributed by atoms with Crippen molar-refractivity contribution >= 4 is 29.2 Å². The lowest BCUT2D eigenvalue weighted by atomic mass is 10.0. The quantitative estimate of drug-likeness (QED) is 0.258. The van der Waals surface area contributed by atoms with Crippen molar-refractivity contribution in [1.82, 2.24) is 14.5 Å². The summed E-state index contributed by atoms with van der Waals surface area (Å²) in [6.45, 7) is 5.28. The van der Waals surface area contributed by atoms with Crippen LogP contribution < -0.4 is 10.6 Å². The van der Waals surface area contributed by atoms with Gasteiger partial charge in [0.1, 0.15) is 5.60 Å². The van der Waals surface area contributed by atoms with Gasteiger partial charge in [-0.1, -0.05) is 18.2 Å². The van der Waals surface area contributed by atoms with E-state index in [2.05, 4.69) is 20.6 Å². The summed E-state index contributed by atoms with van der Waals surface area (Å²) in [6, 6.07) is 15.8. The molecule has 37 heavy (non-hydrogen) atoms. The van der Waals surface area contributed by atoms with Gasteiger partial charge in [-0.25, -0.2) is 4.79 Å². The van der Waals surface area contributed by atoms with E-state index in [1.807, 2.05) is 35.2 Å². The largest absolute Gasteiger partial charge is 0.444 e. The summed E-state index contributed by atoms with van der Waals surface area (Å²) in [5.74, 6) is -0.877. The highest BCUT2D eigenvalue weighted by molar-refractivity contribution is 6.12. The predicted molar refractivity (Wildman–Crippen MR) is 141 cm³/mol. The SMILES string of the molecule is CC(C)(C)OC(=O)Nc1ccc(-n2cccc2)cc1NC(=O)CC(=O)c1cccc(-c2cnccn2)c1. The molecule has 0 fully saturated rings. The molecule has 0 radical (unpaired) electrons. The van der Waals surface area contributed by atoms with Gasteiger partial charge in [0.05, 0.1) is 29.7 Å². The van der Waals surface area contributed by atoms with Crippen LogP contribution in [-0.2, 0) is 9.53 Å². The third kappa shape index (κ3) is 6.88. The highest BCUT2D eigenvalue weighted by Gasteiger charge is 2.19. The summed E-state index contributed by atoms with van der Waals surface area (Å²) < 4.78 is 7.20. The Kier molecular flexibility index (Phi) is 7.43. The van der Waals surface area contributed by atoms with Crippen molar-refractivity contribution in [2.24, 2.45) is 0 Å². The van der Waals surface area contributed by atoms with Crippen molar-refractivity contribution in [1.29, 1.82) is 0 Å². The van der Waals surface area contributed by atoms with Crippen LogP contribution in [0.15, 0.2) is 85.6 Å². The summed E-state index contributed by atoms with van der Waals surface area (Å²) in [5, 5.41) is 5.43. The first-order valence-electron chi connectivity index (χ1n) is 11.6. The number of nitrogens with zero attached hydrogens (tertiary/aromatic N) is 3. The standard InChI is InChI=1S/C28H27N5O4/c1-28(2,3)37-27(36)32-22-10-9-21(33-13-4-5-14-33)16-23(22)31-26(35)17-25(34)20-8-6-7-19(15-20)24-18-29-11-12-30-24/h4-16,18H,17H2,1-3H3,(H,31,35)(H,32,36). The highest BCUT2D eigenvalue weighted by Crippen LogP contribution is 2.27. The predicted octanol–water partition coefficient (Wildman–Crippen LogP) is 5.49. The molecule has 0 atom stereocenters. The number of anilines is 2. The molecule has 0 aliphatic rings. The number of aromatic nitrogens is 3. The molecule has 0 unspecified atom stereocenters. The van der Waals surface area contributed by atoms with E-state index in [4.69, 9.17) is 4.74 Å². The number of nitrogens with one attached hydrogen (secondary N) is 2. The topological polar surface area (TPSA) is 115 Å². The minimum atomic E-state index is -0.690. The molecule has 0 aliphatic carbocycles. The molecule has 4 rings (SSSR count). The number of hydrogen-bond acceptors (Lipinski definition) is 6. The molecule has 0 aliphatic heterocycles. The second-order valence-corrected chi connectivity index (χ2v) is 9.27. The summed E-state index contributed by atoms with van der Waals surface area (Å²) in [5.41, 5.74) is 2.48. The molecule has 9 heteroatoms. The Hall–Kier alpha value is -4.79. The monoisotopic (exact) mass is 497 g/mol. The van der Waals surface area contributed by atoms with Gasteiger partial charge in [-0.2, -0.15) is 0 Å². The number of carbonyl (C=O) groups excluding carboxylic acids is 3. The van der Waals surface area contributed by atoms with Crippen LogP contribution in [0.3, 0.4) is 0 Å². The maximum atomic E-state index is 12.9. The summed E-state index contributed by atoms with van der Waals surface area (Å²) >= 11 is 0. The fourth-order valence-electron chi connectivity index (χ4n) is 3.57. The molecule has 2 heterocycles. The Morgan fingerprint density at radius 3 is 2.41 bits per heavy atom. The number of rotatable bonds is 7. The first kappa shape index (κ1) is 25.3. The smallest absolute Gasteiger partial charge is 0.412 e. The molecule has 0 bridgehead atoms. The molecule has 0 saturated carbocycles. The lowest BCUT2D eigenvalue weighted by Crippen LogP contribution is -2.27. The van der Waals surface area contributed by atoms with Gasteiger partial charge in [0.15, 0.2) is 5.78 Å². The third-order valence-corrected chi connectivity index (χ3v) is 5.18. The van der Waals surface area contributed by atoms with Gasteiger partial charge in [-0.05, 0) is 57.2 Å². The lowest BCUT2D eigenvalue weighted by Gasteiger charge is -2.21. The molecule has 2 amide bonds. The Balaban J connectivity index is 1.52. The molecule has 2 N–H and O–H groups in total. The maximum Gasteiger partial charge on any atom is 0.412 e. The molecule has 188 valence electrons. The van der Waals surface area contributed by atoms with Crippen molar-refractivity contribution in [3.8, 4) is 16.9 Å². The number of amides is 2. The molecular weight excluding hydrogens is 470 g/mol. The molecule has 0 spiro atoms. The fourth-order valence-corrected chi connectivity index (χ4v) is 3.57. The molecule has 9 nitrogen and oxygen atoms in total. The normalized spacial score (nSPS) is 11.0. The van der Waals surface area contributed by atoms with Crippen LogP contribution in [0.4, 0.5) is 16.2 Å². The van der Waals surface area contributed by atoms with Gasteiger partial charge in [-0.3, -0.25) is 24.9 Å². The fraction of sp³-hybridized carbons (Fsp3) is 0.179. The van der Waals surface area contributed by atoms with Crippen molar-refractivity contribution in [2.75, 3.05) is 10.6 Å². The summed E-state index contributed by atoms with van der Waals surface area (Å²) in [4.78, 5) is 46.5. The number of carbonyl (C=O) groups is 3. The molecule has 0 saturated heterocycles. The van der Waals surface area contributed by atoms with E-state index >= 15 is 0 Å². The Labute approximate surface area is 214 Å². The van der Waals surface area contributed by atoms with Crippen LogP contribution in [-0.4, -0.2) is 37.9 Å². The van der Waals surface area contributed by atoms with Crippen LogP contribution in [0.25, 0.3) is 16.9 Å². The molecular formula is C28H27N5O4. The number of Topliss-reactive ketones (excluding diaryl/α,β-unsaturated/α-hetero) is 1. The van der Waals surface area contributed by atoms with Crippen LogP contribution >= 0.6 is 0 Å². The van der Waals surface area contributed by atoms with E-state index in [0.29, 0.717) is 22.6 Å². The molecule has 4 aromatic rings. The second-order valence-electron chi connectivity index (χ2n) is 9.27. The number of ketones is 1. The van der Waals surface area contributed by atoms with Crippen LogP contribution in [0.5, 0.6) is 0 Å². The average Bonchev–Trinajstić information content (AvgIpc) is 3.40. The lowest BCUT2D eigenvalue weighted by molar-refractivity contribution is -0.115. The van der Waals surface area contributed by atoms with E-state index < -0.39 is 17.6 Å². The van der Waals surface area contributed by atoms with Crippen LogP contribution in [0, 0.1) is 0 Å². The Bertz CT molecular complexity index is 1410. The number of hydrogen-bond donors (Lipinski definition) is 2. The zero-order valence-electron chi connectivity index (χ0n) is 20.8. The number of ether oxygens (including phenoxy) is 1. The first-order chi connectivity index (χ1) is 17.7. The average molecular weight is 498 g/mol. The summed E-state index contributed by atoms with van der Waals surface area (Å²) in [7, 11) is 0. The summed E-state index contributed by atoms with van der Waals surface area (Å²) in [6.07, 6.45) is 7.41. The van der Waals surface area contributed by atoms with E-state index in [-0.39, 0.29) is 12.2 Å². The van der Waals surface area contributed by atoms with Gasteiger partial charge >= 0.3 is 6.09 Å². The van der Waals surface area contributed by atoms with Gasteiger partial charge < -0.3 is 14.6 Å². The zero-order valence-corrected chi connectivity index (χ0v) is 20.8. The van der Waals surface area contributed by atoms with E-state index in [9.17, 15) is 14.4 Å². The van der Waals surface area contributed by atoms with Crippen molar-refractivity contribution in [3.05, 3.63) is 91.1 Å². The van der Waals surface area contributed by atoms with Crippen molar-refractivity contribution in [3.63, 3.8) is 0 Å². The van der Waals surface area contributed by atoms with Crippen LogP contribution in [0.1, 0.15) is 37.6 Å². The third-order valence-electron chi connectivity index (χ3n) is 5.18. The number of benzene rings is 2. The van der Waals surface area contributed by atoms with E-state index in [1.165, 1.54) is 0 Å². The molecule has 2 aromatic heterocycles. The van der Waals surface area contributed by atoms with Crippen LogP contribution in [0.2, 0.25) is 0 Å². The van der Waals surface area contributed by atoms with Gasteiger partial charge in [0.2, 0.25) is 5.91 Å².